The summed E-state index contributed by atoms with van der Waals surface area (Å²) in [7, 11) is 0. The minimum Gasteiger partial charge on any atom is -0.379 e. The molecule has 0 radical (unpaired) electrons. The predicted octanol–water partition coefficient (Wildman–Crippen LogP) is 2.54. The lowest BCUT2D eigenvalue weighted by Gasteiger charge is -2.25. The summed E-state index contributed by atoms with van der Waals surface area (Å²) in [5.74, 6) is -0.118. The van der Waals surface area contributed by atoms with Crippen molar-refractivity contribution >= 4 is 22.4 Å². The van der Waals surface area contributed by atoms with Crippen LogP contribution in [0.3, 0.4) is 0 Å². The van der Waals surface area contributed by atoms with E-state index in [0.29, 0.717) is 10.7 Å². The second kappa shape index (κ2) is 7.00. The van der Waals surface area contributed by atoms with Gasteiger partial charge in [0.25, 0.3) is 5.91 Å². The van der Waals surface area contributed by atoms with Crippen molar-refractivity contribution in [2.75, 3.05) is 31.6 Å². The van der Waals surface area contributed by atoms with Gasteiger partial charge in [0.15, 0.2) is 5.13 Å². The number of aromatic nitrogens is 1. The fourth-order valence-corrected chi connectivity index (χ4v) is 3.00. The number of ether oxygens (including phenoxy) is 1. The Morgan fingerprint density at radius 3 is 2.77 bits per heavy atom. The second-order valence-electron chi connectivity index (χ2n) is 5.35. The number of amides is 1. The minimum absolute atomic E-state index is 0.118. The van der Waals surface area contributed by atoms with E-state index in [4.69, 9.17) is 4.74 Å². The van der Waals surface area contributed by atoms with Gasteiger partial charge in [-0.05, 0) is 19.1 Å². The maximum atomic E-state index is 12.2. The van der Waals surface area contributed by atoms with E-state index in [1.54, 1.807) is 0 Å². The van der Waals surface area contributed by atoms with Crippen molar-refractivity contribution < 1.29 is 9.53 Å². The Morgan fingerprint density at radius 1 is 1.32 bits per heavy atom. The maximum absolute atomic E-state index is 12.2. The molecule has 1 aromatic heterocycles. The first kappa shape index (κ1) is 15.1. The van der Waals surface area contributed by atoms with Gasteiger partial charge < -0.3 is 4.74 Å². The first-order valence-corrected chi connectivity index (χ1v) is 8.21. The Morgan fingerprint density at radius 2 is 2.05 bits per heavy atom. The van der Waals surface area contributed by atoms with E-state index in [9.17, 15) is 4.79 Å². The number of hydrogen-bond donors (Lipinski definition) is 1. The van der Waals surface area contributed by atoms with Crippen LogP contribution in [-0.2, 0) is 11.3 Å². The van der Waals surface area contributed by atoms with Crippen LogP contribution in [-0.4, -0.2) is 42.1 Å². The van der Waals surface area contributed by atoms with E-state index in [2.05, 4.69) is 15.2 Å². The molecule has 2 aromatic rings. The molecule has 1 fully saturated rings. The monoisotopic (exact) mass is 317 g/mol. The average Bonchev–Trinajstić information content (AvgIpc) is 2.96. The summed E-state index contributed by atoms with van der Waals surface area (Å²) in [6.45, 7) is 6.23. The molecule has 1 amide bonds. The average molecular weight is 317 g/mol. The molecule has 6 heteroatoms. The van der Waals surface area contributed by atoms with Crippen LogP contribution in [0.1, 0.15) is 21.6 Å². The van der Waals surface area contributed by atoms with Crippen molar-refractivity contribution in [3.63, 3.8) is 0 Å². The third-order valence-corrected chi connectivity index (χ3v) is 4.38. The van der Waals surface area contributed by atoms with Gasteiger partial charge in [0.05, 0.1) is 18.9 Å². The van der Waals surface area contributed by atoms with Crippen molar-refractivity contribution in [1.29, 1.82) is 0 Å². The van der Waals surface area contributed by atoms with Crippen LogP contribution in [0.15, 0.2) is 29.6 Å². The molecule has 1 aliphatic rings. The molecule has 1 saturated heterocycles. The predicted molar refractivity (Wildman–Crippen MR) is 87.3 cm³/mol. The summed E-state index contributed by atoms with van der Waals surface area (Å²) < 4.78 is 5.34. The lowest BCUT2D eigenvalue weighted by Crippen LogP contribution is -2.35. The van der Waals surface area contributed by atoms with Gasteiger partial charge in [-0.15, -0.1) is 11.3 Å². The molecule has 0 aliphatic carbocycles. The quantitative estimate of drug-likeness (QED) is 0.941. The highest BCUT2D eigenvalue weighted by molar-refractivity contribution is 7.13. The van der Waals surface area contributed by atoms with Gasteiger partial charge in [0, 0.05) is 30.6 Å². The number of benzene rings is 1. The van der Waals surface area contributed by atoms with E-state index >= 15 is 0 Å². The number of anilines is 1. The first-order chi connectivity index (χ1) is 10.7. The number of carbonyl (C=O) groups is 1. The molecular formula is C16H19N3O2S. The molecule has 116 valence electrons. The molecule has 0 unspecified atom stereocenters. The number of thiazole rings is 1. The SMILES string of the molecule is Cc1ccc(C(=O)Nc2nc(CN3CCOCC3)cs2)cc1. The number of nitrogens with zero attached hydrogens (tertiary/aromatic N) is 2. The topological polar surface area (TPSA) is 54.5 Å². The Hall–Kier alpha value is -1.76. The van der Waals surface area contributed by atoms with E-state index < -0.39 is 0 Å². The number of carbonyl (C=O) groups excluding carboxylic acids is 1. The van der Waals surface area contributed by atoms with Crippen LogP contribution < -0.4 is 5.32 Å². The van der Waals surface area contributed by atoms with E-state index in [1.165, 1.54) is 11.3 Å². The Bertz CT molecular complexity index is 633. The van der Waals surface area contributed by atoms with Gasteiger partial charge in [0.1, 0.15) is 0 Å². The normalized spacial score (nSPS) is 15.7. The maximum Gasteiger partial charge on any atom is 0.257 e. The molecule has 0 atom stereocenters. The van der Waals surface area contributed by atoms with Gasteiger partial charge in [0.2, 0.25) is 0 Å². The summed E-state index contributed by atoms with van der Waals surface area (Å²) in [5, 5.41) is 5.51. The van der Waals surface area contributed by atoms with Gasteiger partial charge in [-0.25, -0.2) is 4.98 Å². The van der Waals surface area contributed by atoms with Crippen LogP contribution in [0.5, 0.6) is 0 Å². The number of hydrogen-bond acceptors (Lipinski definition) is 5. The van der Waals surface area contributed by atoms with Gasteiger partial charge in [-0.2, -0.15) is 0 Å². The zero-order chi connectivity index (χ0) is 15.4. The zero-order valence-corrected chi connectivity index (χ0v) is 13.4. The number of morpholine rings is 1. The molecular weight excluding hydrogens is 298 g/mol. The largest absolute Gasteiger partial charge is 0.379 e. The van der Waals surface area contributed by atoms with Crippen LogP contribution >= 0.6 is 11.3 Å². The highest BCUT2D eigenvalue weighted by atomic mass is 32.1. The molecule has 1 N–H and O–H groups in total. The lowest BCUT2D eigenvalue weighted by atomic mass is 10.1. The molecule has 0 bridgehead atoms. The molecule has 1 aromatic carbocycles. The Labute approximate surface area is 133 Å². The molecule has 22 heavy (non-hydrogen) atoms. The summed E-state index contributed by atoms with van der Waals surface area (Å²) in [6, 6.07) is 7.51. The van der Waals surface area contributed by atoms with Crippen LogP contribution in [0.2, 0.25) is 0 Å². The number of aryl methyl sites for hydroxylation is 1. The minimum atomic E-state index is -0.118. The summed E-state index contributed by atoms with van der Waals surface area (Å²) in [4.78, 5) is 19.0. The number of rotatable bonds is 4. The molecule has 1 aliphatic heterocycles. The lowest BCUT2D eigenvalue weighted by molar-refractivity contribution is 0.0337. The van der Waals surface area contributed by atoms with Crippen molar-refractivity contribution in [2.45, 2.75) is 13.5 Å². The molecule has 0 saturated carbocycles. The van der Waals surface area contributed by atoms with Crippen molar-refractivity contribution in [3.8, 4) is 0 Å². The Balaban J connectivity index is 1.58. The zero-order valence-electron chi connectivity index (χ0n) is 12.5. The van der Waals surface area contributed by atoms with Gasteiger partial charge >= 0.3 is 0 Å². The first-order valence-electron chi connectivity index (χ1n) is 7.33. The van der Waals surface area contributed by atoms with Crippen LogP contribution in [0.4, 0.5) is 5.13 Å². The van der Waals surface area contributed by atoms with E-state index in [1.807, 2.05) is 36.6 Å². The van der Waals surface area contributed by atoms with E-state index in [0.717, 1.165) is 44.1 Å². The van der Waals surface area contributed by atoms with Crippen LogP contribution in [0, 0.1) is 6.92 Å². The third-order valence-electron chi connectivity index (χ3n) is 3.58. The number of nitrogens with one attached hydrogen (secondary N) is 1. The Kier molecular flexibility index (Phi) is 4.82. The highest BCUT2D eigenvalue weighted by Gasteiger charge is 2.13. The highest BCUT2D eigenvalue weighted by Crippen LogP contribution is 2.18. The second-order valence-corrected chi connectivity index (χ2v) is 6.21. The third kappa shape index (κ3) is 3.91. The van der Waals surface area contributed by atoms with Crippen molar-refractivity contribution in [2.24, 2.45) is 0 Å². The molecule has 2 heterocycles. The standard InChI is InChI=1S/C16H19N3O2S/c1-12-2-4-13(5-3-12)15(20)18-16-17-14(11-22-16)10-19-6-8-21-9-7-19/h2-5,11H,6-10H2,1H3,(H,17,18,20). The van der Waals surface area contributed by atoms with Crippen molar-refractivity contribution in [3.05, 3.63) is 46.5 Å². The van der Waals surface area contributed by atoms with Crippen molar-refractivity contribution in [1.82, 2.24) is 9.88 Å². The smallest absolute Gasteiger partial charge is 0.257 e. The van der Waals surface area contributed by atoms with Gasteiger partial charge in [-0.3, -0.25) is 15.0 Å². The summed E-state index contributed by atoms with van der Waals surface area (Å²) in [5.41, 5.74) is 2.78. The molecule has 3 rings (SSSR count). The van der Waals surface area contributed by atoms with Crippen LogP contribution in [0.25, 0.3) is 0 Å². The molecule has 0 spiro atoms. The van der Waals surface area contributed by atoms with E-state index in [-0.39, 0.29) is 5.91 Å². The fourth-order valence-electron chi connectivity index (χ4n) is 2.30. The summed E-state index contributed by atoms with van der Waals surface area (Å²) in [6.07, 6.45) is 0. The van der Waals surface area contributed by atoms with Gasteiger partial charge in [-0.1, -0.05) is 17.7 Å². The fraction of sp³-hybridized carbons (Fsp3) is 0.375. The summed E-state index contributed by atoms with van der Waals surface area (Å²) >= 11 is 1.46. The molecule has 5 nitrogen and oxygen atoms in total.